The minimum absolute atomic E-state index is 0.307. The van der Waals surface area contributed by atoms with E-state index in [0.29, 0.717) is 18.0 Å². The smallest absolute Gasteiger partial charge is 0.329 e. The Labute approximate surface area is 109 Å². The van der Waals surface area contributed by atoms with E-state index in [0.717, 1.165) is 5.01 Å². The number of anilines is 1. The lowest BCUT2D eigenvalue weighted by molar-refractivity contribution is -0.144. The van der Waals surface area contributed by atoms with E-state index in [1.54, 1.807) is 20.8 Å². The number of hydrogen-bond donors (Lipinski definition) is 3. The number of carboxylic acids is 1. The Balaban J connectivity index is 2.70. The molecule has 0 atom stereocenters. The molecule has 0 spiro atoms. The highest BCUT2D eigenvalue weighted by Crippen LogP contribution is 2.17. The average Bonchev–Trinajstić information content (AvgIpc) is 2.71. The van der Waals surface area contributed by atoms with Gasteiger partial charge in [0.25, 0.3) is 0 Å². The fourth-order valence-electron chi connectivity index (χ4n) is 1.48. The first-order valence-electron chi connectivity index (χ1n) is 5.56. The zero-order chi connectivity index (χ0) is 13.8. The van der Waals surface area contributed by atoms with Crippen molar-refractivity contribution in [1.29, 1.82) is 0 Å². The number of hydrogen-bond acceptors (Lipinski definition) is 5. The Morgan fingerprint density at radius 2 is 1.94 bits per heavy atom. The van der Waals surface area contributed by atoms with Crippen molar-refractivity contribution in [1.82, 2.24) is 15.5 Å². The molecule has 0 aliphatic rings. The molecule has 1 heterocycles. The van der Waals surface area contributed by atoms with E-state index < -0.39 is 17.5 Å². The van der Waals surface area contributed by atoms with Gasteiger partial charge in [0.05, 0.1) is 0 Å². The lowest BCUT2D eigenvalue weighted by Gasteiger charge is -2.27. The Morgan fingerprint density at radius 3 is 2.33 bits per heavy atom. The van der Waals surface area contributed by atoms with Crippen molar-refractivity contribution in [3.63, 3.8) is 0 Å². The van der Waals surface area contributed by atoms with Gasteiger partial charge < -0.3 is 10.4 Å². The summed E-state index contributed by atoms with van der Waals surface area (Å²) in [5.74, 6) is -1.05. The molecule has 0 aliphatic heterocycles. The number of urea groups is 1. The van der Waals surface area contributed by atoms with Crippen LogP contribution in [0, 0.1) is 6.92 Å². The van der Waals surface area contributed by atoms with Crippen LogP contribution in [0.5, 0.6) is 0 Å². The molecule has 0 saturated carbocycles. The SMILES string of the molecule is CCC(CC)(NC(=O)Nc1nnc(C)s1)C(=O)O. The molecule has 0 unspecified atom stereocenters. The molecule has 3 N–H and O–H groups in total. The molecule has 0 aliphatic carbocycles. The van der Waals surface area contributed by atoms with Gasteiger partial charge in [0, 0.05) is 0 Å². The number of aryl methyl sites for hydroxylation is 1. The summed E-state index contributed by atoms with van der Waals surface area (Å²) in [7, 11) is 0. The quantitative estimate of drug-likeness (QED) is 0.755. The van der Waals surface area contributed by atoms with E-state index in [4.69, 9.17) is 0 Å². The van der Waals surface area contributed by atoms with Crippen LogP contribution < -0.4 is 10.6 Å². The maximum Gasteiger partial charge on any atom is 0.329 e. The molecule has 1 aromatic rings. The van der Waals surface area contributed by atoms with E-state index in [9.17, 15) is 14.7 Å². The number of carboxylic acid groups (broad SMARTS) is 1. The van der Waals surface area contributed by atoms with Crippen LogP contribution in [0.2, 0.25) is 0 Å². The molecule has 8 heteroatoms. The van der Waals surface area contributed by atoms with Crippen molar-refractivity contribution in [3.05, 3.63) is 5.01 Å². The largest absolute Gasteiger partial charge is 0.480 e. The number of carbonyl (C=O) groups is 2. The van der Waals surface area contributed by atoms with Gasteiger partial charge in [0.15, 0.2) is 0 Å². The molecule has 0 fully saturated rings. The molecule has 1 rings (SSSR count). The lowest BCUT2D eigenvalue weighted by atomic mass is 9.93. The standard InChI is InChI=1S/C10H16N4O3S/c1-4-10(5-2,7(15)16)12-8(17)11-9-14-13-6(3)18-9/h4-5H2,1-3H3,(H,15,16)(H2,11,12,14,17). The molecule has 18 heavy (non-hydrogen) atoms. The summed E-state index contributed by atoms with van der Waals surface area (Å²) >= 11 is 1.22. The maximum atomic E-state index is 11.7. The van der Waals surface area contributed by atoms with Crippen LogP contribution in [0.25, 0.3) is 0 Å². The van der Waals surface area contributed by atoms with E-state index in [-0.39, 0.29) is 0 Å². The number of nitrogens with zero attached hydrogens (tertiary/aromatic N) is 2. The summed E-state index contributed by atoms with van der Waals surface area (Å²) in [6.07, 6.45) is 0.614. The van der Waals surface area contributed by atoms with Crippen LogP contribution in [-0.2, 0) is 4.79 Å². The van der Waals surface area contributed by atoms with Crippen molar-refractivity contribution in [2.45, 2.75) is 39.2 Å². The molecule has 100 valence electrons. The summed E-state index contributed by atoms with van der Waals surface area (Å²) in [6.45, 7) is 5.19. The molecule has 0 radical (unpaired) electrons. The van der Waals surface area contributed by atoms with Crippen LogP contribution in [0.15, 0.2) is 0 Å². The molecule has 0 aromatic carbocycles. The zero-order valence-corrected chi connectivity index (χ0v) is 11.3. The summed E-state index contributed by atoms with van der Waals surface area (Å²) in [5, 5.41) is 22.7. The monoisotopic (exact) mass is 272 g/mol. The maximum absolute atomic E-state index is 11.7. The number of amides is 2. The molecule has 2 amide bonds. The first-order chi connectivity index (χ1) is 8.43. The van der Waals surface area contributed by atoms with Crippen LogP contribution in [0.3, 0.4) is 0 Å². The van der Waals surface area contributed by atoms with Gasteiger partial charge in [-0.2, -0.15) is 0 Å². The normalized spacial score (nSPS) is 11.1. The molecule has 1 aromatic heterocycles. The Morgan fingerprint density at radius 1 is 1.33 bits per heavy atom. The third-order valence-corrected chi connectivity index (χ3v) is 3.47. The van der Waals surface area contributed by atoms with Crippen LogP contribution in [-0.4, -0.2) is 32.8 Å². The van der Waals surface area contributed by atoms with Crippen molar-refractivity contribution >= 4 is 28.5 Å². The van der Waals surface area contributed by atoms with Gasteiger partial charge in [-0.15, -0.1) is 10.2 Å². The summed E-state index contributed by atoms with van der Waals surface area (Å²) in [4.78, 5) is 22.9. The fraction of sp³-hybridized carbons (Fsp3) is 0.600. The number of carbonyl (C=O) groups excluding carboxylic acids is 1. The molecular weight excluding hydrogens is 256 g/mol. The van der Waals surface area contributed by atoms with Crippen molar-refractivity contribution in [2.75, 3.05) is 5.32 Å². The number of aliphatic carboxylic acids is 1. The van der Waals surface area contributed by atoms with Gasteiger partial charge in [-0.3, -0.25) is 5.32 Å². The molecule has 0 bridgehead atoms. The highest BCUT2D eigenvalue weighted by molar-refractivity contribution is 7.15. The molecular formula is C10H16N4O3S. The Kier molecular flexibility index (Phi) is 4.60. The predicted molar refractivity (Wildman–Crippen MR) is 67.7 cm³/mol. The number of nitrogens with one attached hydrogen (secondary N) is 2. The van der Waals surface area contributed by atoms with Gasteiger partial charge in [-0.05, 0) is 19.8 Å². The first kappa shape index (κ1) is 14.4. The van der Waals surface area contributed by atoms with E-state index in [1.165, 1.54) is 11.3 Å². The third-order valence-electron chi connectivity index (χ3n) is 2.72. The second-order valence-electron chi connectivity index (χ2n) is 3.80. The lowest BCUT2D eigenvalue weighted by Crippen LogP contribution is -2.54. The second kappa shape index (κ2) is 5.76. The molecule has 0 saturated heterocycles. The average molecular weight is 272 g/mol. The van der Waals surface area contributed by atoms with Gasteiger partial charge in [0.2, 0.25) is 5.13 Å². The predicted octanol–water partition coefficient (Wildman–Crippen LogP) is 1.61. The van der Waals surface area contributed by atoms with Crippen LogP contribution >= 0.6 is 11.3 Å². The zero-order valence-electron chi connectivity index (χ0n) is 10.5. The number of aromatic nitrogens is 2. The summed E-state index contributed by atoms with van der Waals surface area (Å²) in [6, 6.07) is -0.586. The highest BCUT2D eigenvalue weighted by Gasteiger charge is 2.36. The topological polar surface area (TPSA) is 104 Å². The third kappa shape index (κ3) is 3.16. The molecule has 7 nitrogen and oxygen atoms in total. The fourth-order valence-corrected chi connectivity index (χ4v) is 2.06. The van der Waals surface area contributed by atoms with Crippen molar-refractivity contribution < 1.29 is 14.7 Å². The summed E-state index contributed by atoms with van der Waals surface area (Å²) in [5.41, 5.74) is -1.25. The van der Waals surface area contributed by atoms with Crippen molar-refractivity contribution in [3.8, 4) is 0 Å². The first-order valence-corrected chi connectivity index (χ1v) is 6.38. The van der Waals surface area contributed by atoms with Gasteiger partial charge in [-0.1, -0.05) is 25.2 Å². The minimum Gasteiger partial charge on any atom is -0.480 e. The minimum atomic E-state index is -1.25. The van der Waals surface area contributed by atoms with Gasteiger partial charge >= 0.3 is 12.0 Å². The van der Waals surface area contributed by atoms with Gasteiger partial charge in [0.1, 0.15) is 10.5 Å². The van der Waals surface area contributed by atoms with Crippen LogP contribution in [0.1, 0.15) is 31.7 Å². The highest BCUT2D eigenvalue weighted by atomic mass is 32.1. The van der Waals surface area contributed by atoms with Crippen molar-refractivity contribution in [2.24, 2.45) is 0 Å². The van der Waals surface area contributed by atoms with Crippen LogP contribution in [0.4, 0.5) is 9.93 Å². The Hall–Kier alpha value is -1.70. The number of rotatable bonds is 5. The summed E-state index contributed by atoms with van der Waals surface area (Å²) < 4.78 is 0. The van der Waals surface area contributed by atoms with E-state index in [1.807, 2.05) is 0 Å². The Bertz CT molecular complexity index is 442. The van der Waals surface area contributed by atoms with Gasteiger partial charge in [-0.25, -0.2) is 9.59 Å². The van der Waals surface area contributed by atoms with E-state index >= 15 is 0 Å². The van der Waals surface area contributed by atoms with E-state index in [2.05, 4.69) is 20.8 Å². The second-order valence-corrected chi connectivity index (χ2v) is 4.98.